The molecule has 10 heteroatoms. The summed E-state index contributed by atoms with van der Waals surface area (Å²) < 4.78 is 35.7. The van der Waals surface area contributed by atoms with E-state index in [1.807, 2.05) is 0 Å². The van der Waals surface area contributed by atoms with Gasteiger partial charge in [0.2, 0.25) is 11.7 Å². The van der Waals surface area contributed by atoms with Gasteiger partial charge in [-0.25, -0.2) is 8.61 Å². The van der Waals surface area contributed by atoms with Gasteiger partial charge in [0.25, 0.3) is 0 Å². The summed E-state index contributed by atoms with van der Waals surface area (Å²) in [5.74, 6) is 0.441. The van der Waals surface area contributed by atoms with E-state index in [1.165, 1.54) is 8.61 Å². The van der Waals surface area contributed by atoms with Gasteiger partial charge >= 0.3 is 22.5 Å². The van der Waals surface area contributed by atoms with Crippen LogP contribution in [0.3, 0.4) is 0 Å². The lowest BCUT2D eigenvalue weighted by molar-refractivity contribution is 0.383. The number of rotatable bonds is 0. The molecule has 18 heavy (non-hydrogen) atoms. The normalized spacial score (nSPS) is 27.6. The number of hydrogen-bond acceptors (Lipinski definition) is 6. The van der Waals surface area contributed by atoms with Crippen molar-refractivity contribution < 1.29 is 17.0 Å². The first kappa shape index (κ1) is 10.0. The largest absolute Gasteiger partial charge is 0.346 e. The van der Waals surface area contributed by atoms with Gasteiger partial charge in [0.05, 0.1) is 11.4 Å². The van der Waals surface area contributed by atoms with Gasteiger partial charge in [-0.15, -0.1) is 0 Å². The van der Waals surface area contributed by atoms with E-state index < -0.39 is 22.5 Å². The number of para-hydroxylation sites is 2. The number of anilines is 2. The Labute approximate surface area is 106 Å². The minimum atomic E-state index is -1.75. The summed E-state index contributed by atoms with van der Waals surface area (Å²) in [6.07, 6.45) is 0. The van der Waals surface area contributed by atoms with Crippen molar-refractivity contribution in [2.75, 3.05) is 8.61 Å². The van der Waals surface area contributed by atoms with E-state index in [-0.39, 0.29) is 11.7 Å². The van der Waals surface area contributed by atoms with Gasteiger partial charge < -0.3 is 0 Å². The van der Waals surface area contributed by atoms with Crippen LogP contribution in [0.15, 0.2) is 34.6 Å². The summed E-state index contributed by atoms with van der Waals surface area (Å²) in [5, 5.41) is 7.34. The van der Waals surface area contributed by atoms with Crippen molar-refractivity contribution in [1.82, 2.24) is 0 Å². The first-order chi connectivity index (χ1) is 8.77. The maximum atomic E-state index is 11.8. The minimum Gasteiger partial charge on any atom is -0.268 e. The number of oxime groups is 2. The van der Waals surface area contributed by atoms with Crippen LogP contribution in [-0.2, 0) is 31.1 Å². The van der Waals surface area contributed by atoms with Crippen molar-refractivity contribution in [3.8, 4) is 0 Å². The highest BCUT2D eigenvalue weighted by atomic mass is 32.2. The molecule has 3 heterocycles. The third-order valence-corrected chi connectivity index (χ3v) is 4.32. The second-order valence-corrected chi connectivity index (χ2v) is 5.39. The third kappa shape index (κ3) is 1.08. The van der Waals surface area contributed by atoms with E-state index in [0.29, 0.717) is 11.4 Å². The molecule has 0 saturated carbocycles. The Hall–Kier alpha value is -1.94. The highest BCUT2D eigenvalue weighted by molar-refractivity contribution is 7.84. The quantitative estimate of drug-likeness (QED) is 0.679. The molecule has 8 nitrogen and oxygen atoms in total. The first-order valence-corrected chi connectivity index (χ1v) is 6.88. The number of fused-ring (bicyclic) bond motifs is 6. The molecule has 4 rings (SSSR count). The van der Waals surface area contributed by atoms with Crippen LogP contribution in [0.4, 0.5) is 11.4 Å². The maximum absolute atomic E-state index is 11.8. The molecule has 3 aliphatic rings. The van der Waals surface area contributed by atoms with E-state index in [9.17, 15) is 8.42 Å². The van der Waals surface area contributed by atoms with Crippen molar-refractivity contribution in [2.45, 2.75) is 0 Å². The SMILES string of the molecule is O=S1ON=C2C3=NOS(=O)N3c3ccccc3N21. The second kappa shape index (κ2) is 3.29. The molecular formula is C8H4N4O4S2. The monoisotopic (exact) mass is 284 g/mol. The van der Waals surface area contributed by atoms with Crippen molar-refractivity contribution in [3.63, 3.8) is 0 Å². The predicted molar refractivity (Wildman–Crippen MR) is 64.7 cm³/mol. The summed E-state index contributed by atoms with van der Waals surface area (Å²) in [6, 6.07) is 7.00. The van der Waals surface area contributed by atoms with Crippen LogP contribution in [-0.4, -0.2) is 20.1 Å². The molecule has 0 aliphatic carbocycles. The van der Waals surface area contributed by atoms with Crippen molar-refractivity contribution in [1.29, 1.82) is 0 Å². The first-order valence-electron chi connectivity index (χ1n) is 4.82. The fraction of sp³-hybridized carbons (Fsp3) is 0. The molecule has 1 aromatic rings. The molecule has 0 amide bonds. The van der Waals surface area contributed by atoms with Crippen LogP contribution in [0.1, 0.15) is 0 Å². The Morgan fingerprint density at radius 1 is 0.889 bits per heavy atom. The smallest absolute Gasteiger partial charge is 0.268 e. The predicted octanol–water partition coefficient (Wildman–Crippen LogP) is 0.158. The molecule has 2 unspecified atom stereocenters. The number of amidine groups is 2. The lowest BCUT2D eigenvalue weighted by Gasteiger charge is -2.28. The van der Waals surface area contributed by atoms with Crippen LogP contribution >= 0.6 is 0 Å². The topological polar surface area (TPSA) is 83.8 Å². The molecule has 3 aliphatic heterocycles. The van der Waals surface area contributed by atoms with Crippen LogP contribution in [0.25, 0.3) is 0 Å². The minimum absolute atomic E-state index is 0.220. The van der Waals surface area contributed by atoms with E-state index in [0.717, 1.165) is 0 Å². The third-order valence-electron chi connectivity index (χ3n) is 2.58. The van der Waals surface area contributed by atoms with Crippen molar-refractivity contribution in [3.05, 3.63) is 24.3 Å². The van der Waals surface area contributed by atoms with Gasteiger partial charge in [-0.3, -0.25) is 8.57 Å². The van der Waals surface area contributed by atoms with Crippen molar-refractivity contribution >= 4 is 45.6 Å². The molecule has 0 aromatic heterocycles. The fourth-order valence-corrected chi connectivity index (χ4v) is 3.42. The van der Waals surface area contributed by atoms with Crippen molar-refractivity contribution in [2.24, 2.45) is 10.3 Å². The van der Waals surface area contributed by atoms with Gasteiger partial charge in [0, 0.05) is 0 Å². The summed E-state index contributed by atoms with van der Waals surface area (Å²) in [7, 11) is 0. The highest BCUT2D eigenvalue weighted by Crippen LogP contribution is 2.40. The molecular weight excluding hydrogens is 280 g/mol. The average Bonchev–Trinajstić information content (AvgIpc) is 2.94. The standard InChI is InChI=1S/C8H4N4O4S2/c13-17-11-5-3-1-2-4-6(5)12-8(7(11)9-15-17)10-16-18(12)14/h1-4H. The second-order valence-electron chi connectivity index (χ2n) is 3.49. The molecule has 0 bridgehead atoms. The van der Waals surface area contributed by atoms with Gasteiger partial charge in [-0.2, -0.15) is 8.42 Å². The Kier molecular flexibility index (Phi) is 1.84. The van der Waals surface area contributed by atoms with E-state index in [1.54, 1.807) is 24.3 Å². The molecule has 1 aromatic carbocycles. The molecule has 0 spiro atoms. The van der Waals surface area contributed by atoms with Crippen LogP contribution in [0, 0.1) is 0 Å². The Morgan fingerprint density at radius 3 is 1.78 bits per heavy atom. The molecule has 0 N–H and O–H groups in total. The Balaban J connectivity index is 2.03. The fourth-order valence-electron chi connectivity index (χ4n) is 1.88. The summed E-state index contributed by atoms with van der Waals surface area (Å²) in [6.45, 7) is 0. The van der Waals surface area contributed by atoms with Crippen LogP contribution in [0.5, 0.6) is 0 Å². The Bertz CT molecular complexity index is 616. The lowest BCUT2D eigenvalue weighted by atomic mass is 10.2. The van der Waals surface area contributed by atoms with Crippen LogP contribution < -0.4 is 8.61 Å². The zero-order valence-corrected chi connectivity index (χ0v) is 10.2. The zero-order valence-electron chi connectivity index (χ0n) is 8.55. The van der Waals surface area contributed by atoms with Gasteiger partial charge in [-0.1, -0.05) is 12.1 Å². The highest BCUT2D eigenvalue weighted by Gasteiger charge is 2.47. The van der Waals surface area contributed by atoms with E-state index in [4.69, 9.17) is 8.57 Å². The van der Waals surface area contributed by atoms with Gasteiger partial charge in [0.15, 0.2) is 0 Å². The molecule has 2 atom stereocenters. The maximum Gasteiger partial charge on any atom is 0.346 e. The van der Waals surface area contributed by atoms with Gasteiger partial charge in [0.1, 0.15) is 0 Å². The number of nitrogens with zero attached hydrogens (tertiary/aromatic N) is 4. The number of benzene rings is 1. The lowest BCUT2D eigenvalue weighted by Crippen LogP contribution is -2.47. The summed E-state index contributed by atoms with van der Waals surface area (Å²) in [5.41, 5.74) is 1.15. The van der Waals surface area contributed by atoms with Gasteiger partial charge in [-0.05, 0) is 22.4 Å². The summed E-state index contributed by atoms with van der Waals surface area (Å²) >= 11 is -3.51. The summed E-state index contributed by atoms with van der Waals surface area (Å²) in [4.78, 5) is 0. The molecule has 92 valence electrons. The molecule has 0 fully saturated rings. The van der Waals surface area contributed by atoms with E-state index in [2.05, 4.69) is 10.3 Å². The Morgan fingerprint density at radius 2 is 1.33 bits per heavy atom. The average molecular weight is 284 g/mol. The molecule has 0 saturated heterocycles. The molecule has 0 radical (unpaired) electrons. The van der Waals surface area contributed by atoms with Crippen LogP contribution in [0.2, 0.25) is 0 Å². The van der Waals surface area contributed by atoms with E-state index >= 15 is 0 Å². The zero-order chi connectivity index (χ0) is 12.3. The number of hydrogen-bond donors (Lipinski definition) is 0.